The van der Waals surface area contributed by atoms with Crippen LogP contribution in [0.25, 0.3) is 0 Å². The molecule has 88 valence electrons. The fourth-order valence-electron chi connectivity index (χ4n) is 1.90. The maximum Gasteiger partial charge on any atom is 0.317 e. The number of ether oxygens (including phenoxy) is 1. The SMILES string of the molecule is CC(CC1CC(=O)OC1=O)=C1C=CC(=O)C=C1. The van der Waals surface area contributed by atoms with Crippen molar-refractivity contribution in [1.82, 2.24) is 0 Å². The van der Waals surface area contributed by atoms with E-state index in [2.05, 4.69) is 4.74 Å². The average molecular weight is 232 g/mol. The minimum Gasteiger partial charge on any atom is -0.393 e. The van der Waals surface area contributed by atoms with Gasteiger partial charge in [-0.05, 0) is 31.1 Å². The van der Waals surface area contributed by atoms with Gasteiger partial charge in [0.1, 0.15) is 0 Å². The number of carbonyl (C=O) groups excluding carboxylic acids is 3. The summed E-state index contributed by atoms with van der Waals surface area (Å²) in [6.07, 6.45) is 7.05. The van der Waals surface area contributed by atoms with E-state index in [0.29, 0.717) is 6.42 Å². The molecule has 2 rings (SSSR count). The summed E-state index contributed by atoms with van der Waals surface area (Å²) in [5, 5.41) is 0. The number of hydrogen-bond acceptors (Lipinski definition) is 4. The van der Waals surface area contributed by atoms with E-state index in [1.807, 2.05) is 6.92 Å². The summed E-state index contributed by atoms with van der Waals surface area (Å²) in [7, 11) is 0. The van der Waals surface area contributed by atoms with E-state index in [-0.39, 0.29) is 18.1 Å². The van der Waals surface area contributed by atoms with Gasteiger partial charge in [0, 0.05) is 0 Å². The molecule has 0 N–H and O–H groups in total. The summed E-state index contributed by atoms with van der Waals surface area (Å²) in [6.45, 7) is 1.88. The van der Waals surface area contributed by atoms with Crippen molar-refractivity contribution in [3.63, 3.8) is 0 Å². The van der Waals surface area contributed by atoms with Crippen molar-refractivity contribution in [2.75, 3.05) is 0 Å². The van der Waals surface area contributed by atoms with Crippen molar-refractivity contribution < 1.29 is 19.1 Å². The Morgan fingerprint density at radius 1 is 1.24 bits per heavy atom. The van der Waals surface area contributed by atoms with E-state index in [9.17, 15) is 14.4 Å². The van der Waals surface area contributed by atoms with Crippen LogP contribution in [0.3, 0.4) is 0 Å². The Morgan fingerprint density at radius 2 is 1.88 bits per heavy atom. The lowest BCUT2D eigenvalue weighted by molar-refractivity contribution is -0.153. The Balaban J connectivity index is 2.09. The van der Waals surface area contributed by atoms with Gasteiger partial charge < -0.3 is 4.74 Å². The third kappa shape index (κ3) is 2.58. The number of carbonyl (C=O) groups is 3. The molecule has 0 radical (unpaired) electrons. The van der Waals surface area contributed by atoms with Gasteiger partial charge in [-0.2, -0.15) is 0 Å². The van der Waals surface area contributed by atoms with Gasteiger partial charge in [-0.25, -0.2) is 0 Å². The largest absolute Gasteiger partial charge is 0.393 e. The molecule has 1 saturated heterocycles. The summed E-state index contributed by atoms with van der Waals surface area (Å²) >= 11 is 0. The van der Waals surface area contributed by atoms with Gasteiger partial charge in [-0.3, -0.25) is 14.4 Å². The molecule has 4 nitrogen and oxygen atoms in total. The smallest absolute Gasteiger partial charge is 0.317 e. The van der Waals surface area contributed by atoms with E-state index >= 15 is 0 Å². The molecule has 0 aromatic heterocycles. The van der Waals surface area contributed by atoms with Crippen molar-refractivity contribution in [3.05, 3.63) is 35.5 Å². The van der Waals surface area contributed by atoms with Gasteiger partial charge in [0.05, 0.1) is 12.3 Å². The number of hydrogen-bond donors (Lipinski definition) is 0. The lowest BCUT2D eigenvalue weighted by Crippen LogP contribution is -2.08. The fourth-order valence-corrected chi connectivity index (χ4v) is 1.90. The van der Waals surface area contributed by atoms with E-state index in [4.69, 9.17) is 0 Å². The number of rotatable bonds is 2. The Morgan fingerprint density at radius 3 is 2.41 bits per heavy atom. The van der Waals surface area contributed by atoms with E-state index < -0.39 is 11.9 Å². The van der Waals surface area contributed by atoms with E-state index in [0.717, 1.165) is 11.1 Å². The molecule has 4 heteroatoms. The van der Waals surface area contributed by atoms with Crippen LogP contribution >= 0.6 is 0 Å². The highest BCUT2D eigenvalue weighted by Crippen LogP contribution is 2.26. The van der Waals surface area contributed by atoms with Gasteiger partial charge in [0.2, 0.25) is 0 Å². The van der Waals surface area contributed by atoms with Gasteiger partial charge in [-0.1, -0.05) is 17.7 Å². The van der Waals surface area contributed by atoms with Crippen molar-refractivity contribution in [3.8, 4) is 0 Å². The maximum absolute atomic E-state index is 11.3. The summed E-state index contributed by atoms with van der Waals surface area (Å²) in [5.41, 5.74) is 1.89. The molecule has 0 saturated carbocycles. The first kappa shape index (κ1) is 11.5. The van der Waals surface area contributed by atoms with Crippen LogP contribution < -0.4 is 0 Å². The minimum atomic E-state index is -0.456. The number of esters is 2. The summed E-state index contributed by atoms with van der Waals surface area (Å²) in [6, 6.07) is 0. The Kier molecular flexibility index (Phi) is 3.04. The summed E-state index contributed by atoms with van der Waals surface area (Å²) < 4.78 is 4.49. The van der Waals surface area contributed by atoms with Crippen molar-refractivity contribution in [2.45, 2.75) is 19.8 Å². The maximum atomic E-state index is 11.3. The lowest BCUT2D eigenvalue weighted by atomic mass is 9.94. The molecule has 0 aromatic carbocycles. The molecule has 0 amide bonds. The predicted octanol–water partition coefficient (Wildman–Crippen LogP) is 1.48. The molecule has 17 heavy (non-hydrogen) atoms. The van der Waals surface area contributed by atoms with Gasteiger partial charge in [0.15, 0.2) is 5.78 Å². The normalized spacial score (nSPS) is 23.2. The first-order chi connectivity index (χ1) is 8.06. The lowest BCUT2D eigenvalue weighted by Gasteiger charge is -2.09. The monoisotopic (exact) mass is 232 g/mol. The van der Waals surface area contributed by atoms with Crippen LogP contribution in [0.15, 0.2) is 35.5 Å². The second kappa shape index (κ2) is 4.49. The zero-order chi connectivity index (χ0) is 12.4. The third-order valence-corrected chi connectivity index (χ3v) is 2.86. The van der Waals surface area contributed by atoms with Crippen LogP contribution in [0.2, 0.25) is 0 Å². The zero-order valence-corrected chi connectivity index (χ0v) is 9.43. The molecular weight excluding hydrogens is 220 g/mol. The fraction of sp³-hybridized carbons (Fsp3) is 0.308. The van der Waals surface area contributed by atoms with Crippen LogP contribution in [-0.2, 0) is 19.1 Å². The second-order valence-electron chi connectivity index (χ2n) is 4.20. The molecule has 2 aliphatic rings. The molecule has 1 aliphatic heterocycles. The predicted molar refractivity (Wildman–Crippen MR) is 59.8 cm³/mol. The molecule has 0 spiro atoms. The standard InChI is InChI=1S/C13H12O4/c1-8(9-2-4-11(14)5-3-9)6-10-7-12(15)17-13(10)16/h2-5,10H,6-7H2,1H3. The molecule has 1 unspecified atom stereocenters. The zero-order valence-electron chi connectivity index (χ0n) is 9.43. The number of allylic oxidation sites excluding steroid dienone is 6. The molecule has 1 fully saturated rings. The quantitative estimate of drug-likeness (QED) is 0.534. The summed E-state index contributed by atoms with van der Waals surface area (Å²) in [4.78, 5) is 33.2. The van der Waals surface area contributed by atoms with E-state index in [1.54, 1.807) is 12.2 Å². The average Bonchev–Trinajstić information content (AvgIpc) is 2.58. The van der Waals surface area contributed by atoms with Crippen LogP contribution in [0.5, 0.6) is 0 Å². The van der Waals surface area contributed by atoms with E-state index in [1.165, 1.54) is 12.2 Å². The first-order valence-electron chi connectivity index (χ1n) is 5.40. The third-order valence-electron chi connectivity index (χ3n) is 2.86. The Labute approximate surface area is 98.6 Å². The Hall–Kier alpha value is -1.97. The van der Waals surface area contributed by atoms with Gasteiger partial charge in [0.25, 0.3) is 0 Å². The highest BCUT2D eigenvalue weighted by Gasteiger charge is 2.33. The molecule has 0 bridgehead atoms. The van der Waals surface area contributed by atoms with Crippen LogP contribution in [0.4, 0.5) is 0 Å². The van der Waals surface area contributed by atoms with Crippen molar-refractivity contribution in [2.24, 2.45) is 5.92 Å². The summed E-state index contributed by atoms with van der Waals surface area (Å²) in [5.74, 6) is -1.33. The Bertz CT molecular complexity index is 462. The number of ketones is 1. The minimum absolute atomic E-state index is 0.0444. The molecular formula is C13H12O4. The highest BCUT2D eigenvalue weighted by molar-refractivity contribution is 6.01. The molecule has 1 aliphatic carbocycles. The van der Waals surface area contributed by atoms with Crippen LogP contribution in [-0.4, -0.2) is 17.7 Å². The topological polar surface area (TPSA) is 60.4 Å². The van der Waals surface area contributed by atoms with Gasteiger partial charge >= 0.3 is 11.9 Å². The molecule has 1 heterocycles. The van der Waals surface area contributed by atoms with Gasteiger partial charge in [-0.15, -0.1) is 0 Å². The van der Waals surface area contributed by atoms with Crippen molar-refractivity contribution >= 4 is 17.7 Å². The first-order valence-corrected chi connectivity index (χ1v) is 5.40. The number of cyclic esters (lactones) is 2. The molecule has 1 atom stereocenters. The van der Waals surface area contributed by atoms with Crippen LogP contribution in [0, 0.1) is 5.92 Å². The second-order valence-corrected chi connectivity index (χ2v) is 4.20. The molecule has 0 aromatic rings. The van der Waals surface area contributed by atoms with Crippen molar-refractivity contribution in [1.29, 1.82) is 0 Å². The highest BCUT2D eigenvalue weighted by atomic mass is 16.6. The van der Waals surface area contributed by atoms with Crippen LogP contribution in [0.1, 0.15) is 19.8 Å².